The number of nitrogens with one attached hydrogen (secondary N) is 1. The molecule has 3 saturated heterocycles. The lowest BCUT2D eigenvalue weighted by Gasteiger charge is -2.51. The summed E-state index contributed by atoms with van der Waals surface area (Å²) in [5.41, 5.74) is 1.76. The highest BCUT2D eigenvalue weighted by molar-refractivity contribution is 5.92. The zero-order chi connectivity index (χ0) is 16.7. The van der Waals surface area contributed by atoms with E-state index in [0.717, 1.165) is 29.5 Å². The van der Waals surface area contributed by atoms with Crippen LogP contribution in [0.1, 0.15) is 32.3 Å². The molecule has 2 bridgehead atoms. The van der Waals surface area contributed by atoms with E-state index in [1.165, 1.54) is 26.3 Å². The van der Waals surface area contributed by atoms with Crippen molar-refractivity contribution in [2.24, 2.45) is 5.92 Å². The predicted octanol–water partition coefficient (Wildman–Crippen LogP) is 2.72. The average molecular weight is 327 g/mol. The number of ether oxygens (including phenoxy) is 1. The van der Waals surface area contributed by atoms with Gasteiger partial charge in [0.25, 0.3) is 0 Å². The first-order valence-electron chi connectivity index (χ1n) is 8.83. The van der Waals surface area contributed by atoms with Gasteiger partial charge in [-0.2, -0.15) is 0 Å². The molecule has 4 atom stereocenters. The molecule has 0 radical (unpaired) electrons. The molecule has 1 amide bonds. The van der Waals surface area contributed by atoms with Crippen molar-refractivity contribution in [2.75, 3.05) is 25.1 Å². The van der Waals surface area contributed by atoms with Gasteiger partial charge in [0.05, 0.1) is 5.69 Å². The molecule has 5 rings (SSSR count). The number of anilines is 1. The Morgan fingerprint density at radius 1 is 1.33 bits per heavy atom. The number of carbonyl (C=O) groups excluding carboxylic acids is 1. The lowest BCUT2D eigenvalue weighted by Crippen LogP contribution is -2.59. The molecule has 1 aromatic rings. The summed E-state index contributed by atoms with van der Waals surface area (Å²) in [4.78, 5) is 16.4. The fourth-order valence-electron chi connectivity index (χ4n) is 4.35. The second-order valence-electron chi connectivity index (χ2n) is 7.20. The van der Waals surface area contributed by atoms with E-state index in [2.05, 4.69) is 28.2 Å². The highest BCUT2D eigenvalue weighted by Gasteiger charge is 2.41. The van der Waals surface area contributed by atoms with Crippen LogP contribution in [0.4, 0.5) is 5.69 Å². The van der Waals surface area contributed by atoms with Crippen molar-refractivity contribution in [1.29, 1.82) is 0 Å². The molecule has 128 valence electrons. The van der Waals surface area contributed by atoms with Crippen molar-refractivity contribution >= 4 is 17.4 Å². The summed E-state index contributed by atoms with van der Waals surface area (Å²) >= 11 is 0. The van der Waals surface area contributed by atoms with Gasteiger partial charge in [-0.1, -0.05) is 12.1 Å². The molecule has 0 aliphatic carbocycles. The molecule has 0 saturated carbocycles. The molecular weight excluding hydrogens is 302 g/mol. The van der Waals surface area contributed by atoms with Crippen LogP contribution in [-0.2, 0) is 9.53 Å². The lowest BCUT2D eigenvalue weighted by molar-refractivity contribution is -0.114. The molecular formula is C19H25N3O2. The number of piperidine rings is 3. The number of para-hydroxylation sites is 1. The minimum Gasteiger partial charge on any atom is -0.471 e. The summed E-state index contributed by atoms with van der Waals surface area (Å²) in [5.74, 6) is 1.54. The Kier molecular flexibility index (Phi) is 3.96. The molecule has 4 heterocycles. The van der Waals surface area contributed by atoms with Crippen molar-refractivity contribution in [3.63, 3.8) is 0 Å². The van der Waals surface area contributed by atoms with Crippen molar-refractivity contribution < 1.29 is 9.53 Å². The SMILES string of the molecule is CC(=O)Nc1ccccc1C1=CN([C@H]2CN3CCC2CC3C)CO1. The third-order valence-corrected chi connectivity index (χ3v) is 5.60. The first-order chi connectivity index (χ1) is 11.6. The second-order valence-corrected chi connectivity index (χ2v) is 7.20. The fraction of sp³-hybridized carbons (Fsp3) is 0.526. The molecule has 3 unspecified atom stereocenters. The first-order valence-corrected chi connectivity index (χ1v) is 8.83. The molecule has 5 nitrogen and oxygen atoms in total. The maximum absolute atomic E-state index is 11.4. The highest BCUT2D eigenvalue weighted by Crippen LogP contribution is 2.37. The highest BCUT2D eigenvalue weighted by atomic mass is 16.5. The van der Waals surface area contributed by atoms with Gasteiger partial charge in [0, 0.05) is 37.3 Å². The Bertz CT molecular complexity index is 672. The van der Waals surface area contributed by atoms with E-state index in [1.54, 1.807) is 0 Å². The summed E-state index contributed by atoms with van der Waals surface area (Å²) in [5, 5.41) is 2.89. The van der Waals surface area contributed by atoms with Crippen LogP contribution in [0, 0.1) is 5.92 Å². The van der Waals surface area contributed by atoms with Crippen molar-refractivity contribution in [3.8, 4) is 0 Å². The van der Waals surface area contributed by atoms with Gasteiger partial charge in [0.15, 0.2) is 6.73 Å². The van der Waals surface area contributed by atoms with Crippen molar-refractivity contribution in [3.05, 3.63) is 36.0 Å². The molecule has 4 aliphatic rings. The molecule has 1 N–H and O–H groups in total. The third kappa shape index (κ3) is 2.77. The maximum Gasteiger partial charge on any atom is 0.221 e. The quantitative estimate of drug-likeness (QED) is 0.927. The van der Waals surface area contributed by atoms with E-state index in [-0.39, 0.29) is 5.91 Å². The standard InChI is InChI=1S/C19H25N3O2/c1-13-9-15-7-8-21(13)10-18(15)22-11-19(24-12-22)16-5-3-4-6-17(16)20-14(2)23/h3-6,11,13,15,18H,7-10,12H2,1-2H3,(H,20,23)/t13?,15?,18-/m0/s1. The van der Waals surface area contributed by atoms with Crippen LogP contribution in [-0.4, -0.2) is 47.6 Å². The average Bonchev–Trinajstić information content (AvgIpc) is 3.05. The Balaban J connectivity index is 1.55. The van der Waals surface area contributed by atoms with Crippen molar-refractivity contribution in [2.45, 2.75) is 38.8 Å². The number of nitrogens with zero attached hydrogens (tertiary/aromatic N) is 2. The summed E-state index contributed by atoms with van der Waals surface area (Å²) < 4.78 is 5.98. The molecule has 0 aromatic heterocycles. The van der Waals surface area contributed by atoms with E-state index in [1.807, 2.05) is 24.3 Å². The van der Waals surface area contributed by atoms with Gasteiger partial charge in [-0.15, -0.1) is 0 Å². The Morgan fingerprint density at radius 3 is 2.88 bits per heavy atom. The zero-order valence-corrected chi connectivity index (χ0v) is 14.4. The number of fused-ring (bicyclic) bond motifs is 3. The maximum atomic E-state index is 11.4. The van der Waals surface area contributed by atoms with Crippen LogP contribution in [0.2, 0.25) is 0 Å². The summed E-state index contributed by atoms with van der Waals surface area (Å²) in [6, 6.07) is 9.08. The number of benzene rings is 1. The monoisotopic (exact) mass is 327 g/mol. The first kappa shape index (κ1) is 15.5. The number of hydrogen-bond donors (Lipinski definition) is 1. The van der Waals surface area contributed by atoms with Gasteiger partial charge >= 0.3 is 0 Å². The topological polar surface area (TPSA) is 44.8 Å². The minimum absolute atomic E-state index is 0.0655. The summed E-state index contributed by atoms with van der Waals surface area (Å²) in [6.07, 6.45) is 4.71. The van der Waals surface area contributed by atoms with Gasteiger partial charge in [-0.05, 0) is 44.4 Å². The smallest absolute Gasteiger partial charge is 0.221 e. The molecule has 1 aromatic carbocycles. The number of amides is 1. The van der Waals surface area contributed by atoms with Crippen LogP contribution in [0.3, 0.4) is 0 Å². The number of hydrogen-bond acceptors (Lipinski definition) is 4. The van der Waals surface area contributed by atoms with Gasteiger partial charge in [-0.3, -0.25) is 9.69 Å². The van der Waals surface area contributed by atoms with Gasteiger partial charge in [0.2, 0.25) is 5.91 Å². The lowest BCUT2D eigenvalue weighted by atomic mass is 9.79. The van der Waals surface area contributed by atoms with E-state index < -0.39 is 0 Å². The van der Waals surface area contributed by atoms with Gasteiger partial charge < -0.3 is 15.0 Å². The summed E-state index contributed by atoms with van der Waals surface area (Å²) in [7, 11) is 0. The van der Waals surface area contributed by atoms with Crippen LogP contribution in [0.25, 0.3) is 5.76 Å². The van der Waals surface area contributed by atoms with Gasteiger partial charge in [-0.25, -0.2) is 0 Å². The Morgan fingerprint density at radius 2 is 2.17 bits per heavy atom. The molecule has 3 fully saturated rings. The predicted molar refractivity (Wildman–Crippen MR) is 94.1 cm³/mol. The van der Waals surface area contributed by atoms with E-state index in [9.17, 15) is 4.79 Å². The Hall–Kier alpha value is -2.01. The number of rotatable bonds is 3. The fourth-order valence-corrected chi connectivity index (χ4v) is 4.35. The van der Waals surface area contributed by atoms with Crippen LogP contribution in [0.15, 0.2) is 30.5 Å². The molecule has 0 spiro atoms. The van der Waals surface area contributed by atoms with Crippen molar-refractivity contribution in [1.82, 2.24) is 9.80 Å². The van der Waals surface area contributed by atoms with Crippen LogP contribution < -0.4 is 5.32 Å². The van der Waals surface area contributed by atoms with E-state index in [4.69, 9.17) is 4.74 Å². The molecule has 24 heavy (non-hydrogen) atoms. The zero-order valence-electron chi connectivity index (χ0n) is 14.4. The third-order valence-electron chi connectivity index (χ3n) is 5.60. The van der Waals surface area contributed by atoms with E-state index in [0.29, 0.717) is 18.8 Å². The summed E-state index contributed by atoms with van der Waals surface area (Å²) in [6.45, 7) is 6.84. The van der Waals surface area contributed by atoms with E-state index >= 15 is 0 Å². The number of carbonyl (C=O) groups is 1. The minimum atomic E-state index is -0.0655. The second kappa shape index (κ2) is 6.13. The largest absolute Gasteiger partial charge is 0.471 e. The van der Waals surface area contributed by atoms with Crippen LogP contribution >= 0.6 is 0 Å². The normalized spacial score (nSPS) is 31.6. The van der Waals surface area contributed by atoms with Gasteiger partial charge in [0.1, 0.15) is 5.76 Å². The molecule has 4 aliphatic heterocycles. The molecule has 5 heteroatoms. The Labute approximate surface area is 143 Å². The van der Waals surface area contributed by atoms with Crippen LogP contribution in [0.5, 0.6) is 0 Å².